The molecule has 0 fully saturated rings. The molecular formula is C25H24N4O2S. The summed E-state index contributed by atoms with van der Waals surface area (Å²) in [5.41, 5.74) is 2.74. The first kappa shape index (κ1) is 21.6. The normalized spacial score (nSPS) is 11.7. The molecule has 7 heteroatoms. The van der Waals surface area contributed by atoms with E-state index >= 15 is 0 Å². The number of thioether (sulfide) groups is 1. The molecule has 0 saturated heterocycles. The maximum atomic E-state index is 12.7. The Kier molecular flexibility index (Phi) is 6.87. The van der Waals surface area contributed by atoms with Gasteiger partial charge in [-0.1, -0.05) is 66.4 Å². The first-order valence-electron chi connectivity index (χ1n) is 10.3. The number of aromatic nitrogens is 3. The minimum absolute atomic E-state index is 0.0958. The van der Waals surface area contributed by atoms with E-state index in [4.69, 9.17) is 4.74 Å². The van der Waals surface area contributed by atoms with E-state index in [9.17, 15) is 4.79 Å². The Morgan fingerprint density at radius 3 is 2.34 bits per heavy atom. The number of nitrogens with one attached hydrogen (secondary N) is 1. The van der Waals surface area contributed by atoms with E-state index in [0.717, 1.165) is 22.7 Å². The minimum atomic E-state index is -0.369. The van der Waals surface area contributed by atoms with E-state index in [1.165, 1.54) is 11.8 Å². The summed E-state index contributed by atoms with van der Waals surface area (Å²) in [6.07, 6.45) is 0. The number of anilines is 1. The van der Waals surface area contributed by atoms with Gasteiger partial charge in [-0.05, 0) is 49.7 Å². The zero-order chi connectivity index (χ0) is 22.3. The van der Waals surface area contributed by atoms with Crippen LogP contribution in [0, 0.1) is 6.92 Å². The van der Waals surface area contributed by atoms with Crippen LogP contribution >= 0.6 is 11.8 Å². The van der Waals surface area contributed by atoms with Crippen molar-refractivity contribution in [3.05, 3.63) is 96.3 Å². The summed E-state index contributed by atoms with van der Waals surface area (Å²) < 4.78 is 7.96. The smallest absolute Gasteiger partial charge is 0.237 e. The van der Waals surface area contributed by atoms with Crippen molar-refractivity contribution in [2.24, 2.45) is 0 Å². The first-order chi connectivity index (χ1) is 15.6. The number of hydrogen-bond donors (Lipinski definition) is 1. The maximum Gasteiger partial charge on any atom is 0.237 e. The molecule has 1 N–H and O–H groups in total. The van der Waals surface area contributed by atoms with Crippen LogP contribution in [0.1, 0.15) is 18.3 Å². The molecule has 0 aliphatic heterocycles. The summed E-state index contributed by atoms with van der Waals surface area (Å²) in [7, 11) is 0. The van der Waals surface area contributed by atoms with Gasteiger partial charge in [0.25, 0.3) is 0 Å². The maximum absolute atomic E-state index is 12.7. The number of para-hydroxylation sites is 3. The van der Waals surface area contributed by atoms with Crippen LogP contribution in [0.3, 0.4) is 0 Å². The van der Waals surface area contributed by atoms with E-state index in [0.29, 0.717) is 11.0 Å². The summed E-state index contributed by atoms with van der Waals surface area (Å²) in [6, 6.07) is 27.1. The Balaban J connectivity index is 1.55. The van der Waals surface area contributed by atoms with Crippen LogP contribution in [0.2, 0.25) is 0 Å². The van der Waals surface area contributed by atoms with Crippen LogP contribution in [0.15, 0.2) is 90.1 Å². The van der Waals surface area contributed by atoms with Gasteiger partial charge in [0.05, 0.1) is 5.25 Å². The van der Waals surface area contributed by atoms with Gasteiger partial charge in [-0.3, -0.25) is 9.36 Å². The van der Waals surface area contributed by atoms with Crippen LogP contribution in [0.5, 0.6) is 5.75 Å². The number of amides is 1. The molecule has 1 aromatic heterocycles. The second-order valence-electron chi connectivity index (χ2n) is 7.24. The molecule has 162 valence electrons. The average molecular weight is 445 g/mol. The van der Waals surface area contributed by atoms with Gasteiger partial charge in [0.1, 0.15) is 12.4 Å². The number of rotatable bonds is 8. The van der Waals surface area contributed by atoms with Crippen molar-refractivity contribution in [3.63, 3.8) is 0 Å². The number of carbonyl (C=O) groups excluding carboxylic acids is 1. The highest BCUT2D eigenvalue weighted by atomic mass is 32.2. The summed E-state index contributed by atoms with van der Waals surface area (Å²) in [5.74, 6) is 1.37. The van der Waals surface area contributed by atoms with E-state index in [-0.39, 0.29) is 17.8 Å². The van der Waals surface area contributed by atoms with Crippen molar-refractivity contribution in [2.75, 3.05) is 5.32 Å². The van der Waals surface area contributed by atoms with Gasteiger partial charge in [-0.2, -0.15) is 0 Å². The zero-order valence-corrected chi connectivity index (χ0v) is 18.8. The number of benzene rings is 3. The zero-order valence-electron chi connectivity index (χ0n) is 17.9. The number of aryl methyl sites for hydroxylation is 1. The van der Waals surface area contributed by atoms with E-state index in [2.05, 4.69) is 15.5 Å². The van der Waals surface area contributed by atoms with E-state index in [1.807, 2.05) is 103 Å². The SMILES string of the molecule is Cc1ccccc1OCc1nnc(S[C@H](C)C(=O)Nc2ccccc2)n1-c1ccccc1. The highest BCUT2D eigenvalue weighted by Crippen LogP contribution is 2.27. The van der Waals surface area contributed by atoms with E-state index in [1.54, 1.807) is 0 Å². The molecular weight excluding hydrogens is 420 g/mol. The fourth-order valence-electron chi connectivity index (χ4n) is 3.14. The Morgan fingerprint density at radius 2 is 1.62 bits per heavy atom. The van der Waals surface area contributed by atoms with Gasteiger partial charge in [-0.15, -0.1) is 10.2 Å². The molecule has 4 rings (SSSR count). The van der Waals surface area contributed by atoms with E-state index < -0.39 is 0 Å². The quantitative estimate of drug-likeness (QED) is 0.375. The van der Waals surface area contributed by atoms with Crippen LogP contribution in [-0.2, 0) is 11.4 Å². The molecule has 0 radical (unpaired) electrons. The predicted octanol–water partition coefficient (Wildman–Crippen LogP) is 5.27. The Bertz CT molecular complexity index is 1180. The number of carbonyl (C=O) groups is 1. The molecule has 3 aromatic carbocycles. The van der Waals surface area contributed by atoms with Crippen molar-refractivity contribution in [2.45, 2.75) is 30.9 Å². The standard InChI is InChI=1S/C25H24N4O2S/c1-18-11-9-10-16-22(18)31-17-23-27-28-25(29(23)21-14-7-4-8-15-21)32-19(2)24(30)26-20-12-5-3-6-13-20/h3-16,19H,17H2,1-2H3,(H,26,30)/t19-/m1/s1. The summed E-state index contributed by atoms with van der Waals surface area (Å²) >= 11 is 1.36. The lowest BCUT2D eigenvalue weighted by molar-refractivity contribution is -0.115. The third-order valence-electron chi connectivity index (χ3n) is 4.86. The Labute approximate surface area is 191 Å². The fraction of sp³-hybridized carbons (Fsp3) is 0.160. The number of hydrogen-bond acceptors (Lipinski definition) is 5. The fourth-order valence-corrected chi connectivity index (χ4v) is 4.03. The van der Waals surface area contributed by atoms with Gasteiger partial charge < -0.3 is 10.1 Å². The highest BCUT2D eigenvalue weighted by molar-refractivity contribution is 8.00. The predicted molar refractivity (Wildman–Crippen MR) is 127 cm³/mol. The summed E-state index contributed by atoms with van der Waals surface area (Å²) in [5, 5.41) is 11.9. The third-order valence-corrected chi connectivity index (χ3v) is 5.90. The lowest BCUT2D eigenvalue weighted by Crippen LogP contribution is -2.22. The second kappa shape index (κ2) is 10.2. The van der Waals surface area contributed by atoms with Gasteiger partial charge in [0.2, 0.25) is 5.91 Å². The molecule has 0 spiro atoms. The summed E-state index contributed by atoms with van der Waals surface area (Å²) in [4.78, 5) is 12.7. The Hall–Kier alpha value is -3.58. The van der Waals surface area contributed by atoms with Crippen LogP contribution < -0.4 is 10.1 Å². The number of ether oxygens (including phenoxy) is 1. The average Bonchev–Trinajstić information content (AvgIpc) is 3.22. The van der Waals surface area contributed by atoms with Crippen molar-refractivity contribution in [1.29, 1.82) is 0 Å². The molecule has 0 bridgehead atoms. The third kappa shape index (κ3) is 5.18. The van der Waals surface area contributed by atoms with Gasteiger partial charge >= 0.3 is 0 Å². The molecule has 0 aliphatic carbocycles. The van der Waals surface area contributed by atoms with Gasteiger partial charge in [-0.25, -0.2) is 0 Å². The van der Waals surface area contributed by atoms with Crippen molar-refractivity contribution in [1.82, 2.24) is 14.8 Å². The first-order valence-corrected chi connectivity index (χ1v) is 11.2. The van der Waals surface area contributed by atoms with Crippen molar-refractivity contribution in [3.8, 4) is 11.4 Å². The molecule has 0 unspecified atom stereocenters. The second-order valence-corrected chi connectivity index (χ2v) is 8.55. The van der Waals surface area contributed by atoms with Crippen molar-refractivity contribution >= 4 is 23.4 Å². The molecule has 1 atom stereocenters. The molecule has 32 heavy (non-hydrogen) atoms. The monoisotopic (exact) mass is 444 g/mol. The minimum Gasteiger partial charge on any atom is -0.485 e. The van der Waals surface area contributed by atoms with Gasteiger partial charge in [0, 0.05) is 11.4 Å². The lowest BCUT2D eigenvalue weighted by atomic mass is 10.2. The molecule has 4 aromatic rings. The van der Waals surface area contributed by atoms with Crippen LogP contribution in [-0.4, -0.2) is 25.9 Å². The van der Waals surface area contributed by atoms with Crippen molar-refractivity contribution < 1.29 is 9.53 Å². The Morgan fingerprint density at radius 1 is 0.969 bits per heavy atom. The lowest BCUT2D eigenvalue weighted by Gasteiger charge is -2.14. The van der Waals surface area contributed by atoms with Crippen LogP contribution in [0.4, 0.5) is 5.69 Å². The largest absolute Gasteiger partial charge is 0.485 e. The molecule has 1 amide bonds. The highest BCUT2D eigenvalue weighted by Gasteiger charge is 2.21. The topological polar surface area (TPSA) is 69.0 Å². The summed E-state index contributed by atoms with van der Waals surface area (Å²) in [6.45, 7) is 4.12. The molecule has 0 aliphatic rings. The van der Waals surface area contributed by atoms with Crippen LogP contribution in [0.25, 0.3) is 5.69 Å². The molecule has 1 heterocycles. The van der Waals surface area contributed by atoms with Gasteiger partial charge in [0.15, 0.2) is 11.0 Å². The molecule has 0 saturated carbocycles. The molecule has 6 nitrogen and oxygen atoms in total. The number of nitrogens with zero attached hydrogens (tertiary/aromatic N) is 3.